The van der Waals surface area contributed by atoms with Gasteiger partial charge in [0.2, 0.25) is 0 Å². The number of rotatable bonds is 1. The smallest absolute Gasteiger partial charge is 0.0214 e. The Morgan fingerprint density at radius 1 is 1.62 bits per heavy atom. The van der Waals surface area contributed by atoms with Crippen LogP contribution in [-0.4, -0.2) is 18.5 Å². The molecular formula is C7H15P. The molecule has 1 aliphatic rings. The van der Waals surface area contributed by atoms with Gasteiger partial charge < -0.3 is 0 Å². The Morgan fingerprint density at radius 2 is 2.38 bits per heavy atom. The molecule has 0 amide bonds. The SMILES string of the molecule is CC[C@H]1CCC[P@@]1C. The zero-order valence-electron chi connectivity index (χ0n) is 5.85. The molecule has 48 valence electrons. The summed E-state index contributed by atoms with van der Waals surface area (Å²) in [5, 5.41) is 0. The summed E-state index contributed by atoms with van der Waals surface area (Å²) >= 11 is 0. The topological polar surface area (TPSA) is 0 Å². The lowest BCUT2D eigenvalue weighted by atomic mass is 10.2. The maximum Gasteiger partial charge on any atom is -0.0214 e. The lowest BCUT2D eigenvalue weighted by Crippen LogP contribution is -1.94. The van der Waals surface area contributed by atoms with Crippen molar-refractivity contribution in [1.82, 2.24) is 0 Å². The molecule has 8 heavy (non-hydrogen) atoms. The van der Waals surface area contributed by atoms with Crippen molar-refractivity contribution in [2.75, 3.05) is 12.8 Å². The van der Waals surface area contributed by atoms with Crippen LogP contribution in [0.15, 0.2) is 0 Å². The lowest BCUT2D eigenvalue weighted by Gasteiger charge is -2.11. The summed E-state index contributed by atoms with van der Waals surface area (Å²) in [7, 11) is 0.471. The molecule has 0 saturated carbocycles. The minimum atomic E-state index is 0.471. The van der Waals surface area contributed by atoms with Gasteiger partial charge in [-0.2, -0.15) is 0 Å². The molecular weight excluding hydrogens is 115 g/mol. The van der Waals surface area contributed by atoms with E-state index in [4.69, 9.17) is 0 Å². The Morgan fingerprint density at radius 3 is 2.62 bits per heavy atom. The average molecular weight is 130 g/mol. The standard InChI is InChI=1S/C7H15P/c1-3-7-5-4-6-8(7)2/h7H,3-6H2,1-2H3/t7-,8+/m0/s1. The van der Waals surface area contributed by atoms with Crippen LogP contribution in [0, 0.1) is 0 Å². The van der Waals surface area contributed by atoms with Gasteiger partial charge in [-0.3, -0.25) is 0 Å². The number of hydrogen-bond donors (Lipinski definition) is 0. The Kier molecular flexibility index (Phi) is 2.31. The highest BCUT2D eigenvalue weighted by Crippen LogP contribution is 2.47. The van der Waals surface area contributed by atoms with Crippen molar-refractivity contribution in [3.05, 3.63) is 0 Å². The molecule has 1 fully saturated rings. The van der Waals surface area contributed by atoms with Gasteiger partial charge >= 0.3 is 0 Å². The fourth-order valence-electron chi connectivity index (χ4n) is 1.50. The summed E-state index contributed by atoms with van der Waals surface area (Å²) in [4.78, 5) is 0. The minimum absolute atomic E-state index is 0.471. The van der Waals surface area contributed by atoms with Crippen molar-refractivity contribution in [2.45, 2.75) is 31.8 Å². The molecule has 2 atom stereocenters. The van der Waals surface area contributed by atoms with Crippen LogP contribution in [0.4, 0.5) is 0 Å². The van der Waals surface area contributed by atoms with Crippen LogP contribution in [0.1, 0.15) is 26.2 Å². The van der Waals surface area contributed by atoms with E-state index in [1.54, 1.807) is 6.16 Å². The maximum atomic E-state index is 2.45. The van der Waals surface area contributed by atoms with Gasteiger partial charge in [0.1, 0.15) is 0 Å². The predicted molar refractivity (Wildman–Crippen MR) is 41.0 cm³/mol. The average Bonchev–Trinajstić information content (AvgIpc) is 2.14. The molecule has 0 nitrogen and oxygen atoms in total. The summed E-state index contributed by atoms with van der Waals surface area (Å²) < 4.78 is 0. The first-order chi connectivity index (χ1) is 3.84. The molecule has 0 spiro atoms. The van der Waals surface area contributed by atoms with Crippen LogP contribution < -0.4 is 0 Å². The van der Waals surface area contributed by atoms with Crippen molar-refractivity contribution >= 4 is 7.92 Å². The van der Waals surface area contributed by atoms with Gasteiger partial charge in [0.15, 0.2) is 0 Å². The Hall–Kier alpha value is 0.430. The molecule has 0 radical (unpaired) electrons. The molecule has 0 aromatic heterocycles. The van der Waals surface area contributed by atoms with Crippen LogP contribution in [-0.2, 0) is 0 Å². The van der Waals surface area contributed by atoms with E-state index in [-0.39, 0.29) is 0 Å². The second kappa shape index (κ2) is 2.82. The first-order valence-electron chi connectivity index (χ1n) is 3.55. The lowest BCUT2D eigenvalue weighted by molar-refractivity contribution is 0.756. The maximum absolute atomic E-state index is 2.45. The first-order valence-corrected chi connectivity index (χ1v) is 5.59. The van der Waals surface area contributed by atoms with Gasteiger partial charge in [-0.05, 0) is 37.7 Å². The largest absolute Gasteiger partial charge is 0.107 e. The zero-order chi connectivity index (χ0) is 5.98. The van der Waals surface area contributed by atoms with Gasteiger partial charge in [-0.15, -0.1) is 7.92 Å². The van der Waals surface area contributed by atoms with Crippen LogP contribution >= 0.6 is 7.92 Å². The summed E-state index contributed by atoms with van der Waals surface area (Å²) in [5.74, 6) is 0. The van der Waals surface area contributed by atoms with E-state index in [0.717, 1.165) is 5.66 Å². The highest BCUT2D eigenvalue weighted by Gasteiger charge is 2.19. The molecule has 1 saturated heterocycles. The van der Waals surface area contributed by atoms with Crippen LogP contribution in [0.2, 0.25) is 0 Å². The normalized spacial score (nSPS) is 38.2. The van der Waals surface area contributed by atoms with Gasteiger partial charge in [0.05, 0.1) is 0 Å². The summed E-state index contributed by atoms with van der Waals surface area (Å²) in [6, 6.07) is 0. The van der Waals surface area contributed by atoms with E-state index < -0.39 is 0 Å². The van der Waals surface area contributed by atoms with Gasteiger partial charge in [-0.1, -0.05) is 6.92 Å². The van der Waals surface area contributed by atoms with Crippen molar-refractivity contribution < 1.29 is 0 Å². The van der Waals surface area contributed by atoms with Crippen molar-refractivity contribution in [3.63, 3.8) is 0 Å². The van der Waals surface area contributed by atoms with E-state index in [0.29, 0.717) is 7.92 Å². The third-order valence-corrected chi connectivity index (χ3v) is 5.03. The molecule has 1 aliphatic heterocycles. The first kappa shape index (κ1) is 6.55. The second-order valence-corrected chi connectivity index (χ2v) is 5.38. The molecule has 0 bridgehead atoms. The molecule has 0 unspecified atom stereocenters. The van der Waals surface area contributed by atoms with E-state index in [9.17, 15) is 0 Å². The molecule has 0 aromatic rings. The predicted octanol–water partition coefficient (Wildman–Crippen LogP) is 2.67. The monoisotopic (exact) mass is 130 g/mol. The van der Waals surface area contributed by atoms with Crippen LogP contribution in [0.25, 0.3) is 0 Å². The second-order valence-electron chi connectivity index (χ2n) is 2.68. The van der Waals surface area contributed by atoms with Crippen molar-refractivity contribution in [2.24, 2.45) is 0 Å². The van der Waals surface area contributed by atoms with Crippen molar-refractivity contribution in [3.8, 4) is 0 Å². The zero-order valence-corrected chi connectivity index (χ0v) is 6.75. The fraction of sp³-hybridized carbons (Fsp3) is 1.00. The van der Waals surface area contributed by atoms with E-state index in [1.807, 2.05) is 0 Å². The van der Waals surface area contributed by atoms with Gasteiger partial charge in [0.25, 0.3) is 0 Å². The molecule has 0 N–H and O–H groups in total. The van der Waals surface area contributed by atoms with Gasteiger partial charge in [0, 0.05) is 0 Å². The quantitative estimate of drug-likeness (QED) is 0.479. The molecule has 1 heteroatoms. The van der Waals surface area contributed by atoms with Crippen molar-refractivity contribution in [1.29, 1.82) is 0 Å². The highest BCUT2D eigenvalue weighted by atomic mass is 31.1. The molecule has 0 aliphatic carbocycles. The molecule has 0 aromatic carbocycles. The minimum Gasteiger partial charge on any atom is -0.107 e. The Bertz CT molecular complexity index is 70.8. The van der Waals surface area contributed by atoms with Crippen LogP contribution in [0.5, 0.6) is 0 Å². The third kappa shape index (κ3) is 1.23. The number of hydrogen-bond acceptors (Lipinski definition) is 0. The molecule has 1 heterocycles. The van der Waals surface area contributed by atoms with Crippen LogP contribution in [0.3, 0.4) is 0 Å². The third-order valence-electron chi connectivity index (χ3n) is 2.14. The Labute approximate surface area is 53.4 Å². The highest BCUT2D eigenvalue weighted by molar-refractivity contribution is 7.57. The molecule has 1 rings (SSSR count). The van der Waals surface area contributed by atoms with Gasteiger partial charge in [-0.25, -0.2) is 0 Å². The summed E-state index contributed by atoms with van der Waals surface area (Å²) in [5.41, 5.74) is 1.13. The van der Waals surface area contributed by atoms with E-state index in [1.165, 1.54) is 19.3 Å². The van der Waals surface area contributed by atoms with E-state index in [2.05, 4.69) is 13.6 Å². The summed E-state index contributed by atoms with van der Waals surface area (Å²) in [6.45, 7) is 4.78. The van der Waals surface area contributed by atoms with E-state index >= 15 is 0 Å². The fourth-order valence-corrected chi connectivity index (χ4v) is 3.79. The Balaban J connectivity index is 2.30. The summed E-state index contributed by atoms with van der Waals surface area (Å²) in [6.07, 6.45) is 6.02.